The second-order valence-corrected chi connectivity index (χ2v) is 8.96. The summed E-state index contributed by atoms with van der Waals surface area (Å²) in [5.74, 6) is 2.75. The van der Waals surface area contributed by atoms with E-state index in [-0.39, 0.29) is 11.7 Å². The fourth-order valence-electron chi connectivity index (χ4n) is 2.54. The molecule has 0 radical (unpaired) electrons. The van der Waals surface area contributed by atoms with Crippen molar-refractivity contribution in [1.29, 1.82) is 0 Å². The zero-order valence-electron chi connectivity index (χ0n) is 15.8. The summed E-state index contributed by atoms with van der Waals surface area (Å²) in [5.41, 5.74) is 2.05. The van der Waals surface area contributed by atoms with Crippen molar-refractivity contribution in [3.8, 4) is 0 Å². The SMILES string of the molecule is C=CCn1c(CSCc2ccccc2)nnc1SCC(=O)Nc1ccc(Br)cc1. The third-order valence-electron chi connectivity index (χ3n) is 3.91. The van der Waals surface area contributed by atoms with E-state index in [0.29, 0.717) is 6.54 Å². The van der Waals surface area contributed by atoms with Crippen LogP contribution >= 0.6 is 39.5 Å². The Morgan fingerprint density at radius 3 is 2.59 bits per heavy atom. The van der Waals surface area contributed by atoms with Crippen molar-refractivity contribution in [3.05, 3.63) is 83.1 Å². The lowest BCUT2D eigenvalue weighted by Gasteiger charge is -2.08. The smallest absolute Gasteiger partial charge is 0.234 e. The fraction of sp³-hybridized carbons (Fsp3) is 0.190. The minimum atomic E-state index is -0.0783. The van der Waals surface area contributed by atoms with Crippen LogP contribution in [0.2, 0.25) is 0 Å². The minimum absolute atomic E-state index is 0.0783. The molecular formula is C21H21BrN4OS2. The first-order valence-corrected chi connectivity index (χ1v) is 11.9. The highest BCUT2D eigenvalue weighted by atomic mass is 79.9. The molecule has 150 valence electrons. The number of hydrogen-bond donors (Lipinski definition) is 1. The Bertz CT molecular complexity index is 945. The lowest BCUT2D eigenvalue weighted by atomic mass is 10.2. The van der Waals surface area contributed by atoms with E-state index in [2.05, 4.69) is 50.2 Å². The van der Waals surface area contributed by atoms with E-state index in [1.54, 1.807) is 11.8 Å². The van der Waals surface area contributed by atoms with Crippen LogP contribution in [0.4, 0.5) is 5.69 Å². The predicted molar refractivity (Wildman–Crippen MR) is 125 cm³/mol. The Morgan fingerprint density at radius 1 is 1.10 bits per heavy atom. The molecule has 0 aliphatic rings. The minimum Gasteiger partial charge on any atom is -0.325 e. The number of nitrogens with zero attached hydrogens (tertiary/aromatic N) is 3. The van der Waals surface area contributed by atoms with Gasteiger partial charge in [0.1, 0.15) is 5.82 Å². The quantitative estimate of drug-likeness (QED) is 0.306. The van der Waals surface area contributed by atoms with Gasteiger partial charge in [-0.3, -0.25) is 4.79 Å². The summed E-state index contributed by atoms with van der Waals surface area (Å²) in [6, 6.07) is 17.8. The summed E-state index contributed by atoms with van der Waals surface area (Å²) in [5, 5.41) is 12.2. The van der Waals surface area contributed by atoms with Crippen LogP contribution in [0.5, 0.6) is 0 Å². The van der Waals surface area contributed by atoms with Crippen molar-refractivity contribution in [2.24, 2.45) is 0 Å². The molecule has 1 heterocycles. The topological polar surface area (TPSA) is 59.8 Å². The number of allylic oxidation sites excluding steroid dienone is 1. The standard InChI is InChI=1S/C21H21BrN4OS2/c1-2-12-26-19(14-28-13-16-6-4-3-5-7-16)24-25-21(26)29-15-20(27)23-18-10-8-17(22)9-11-18/h2-11H,1,12-15H2,(H,23,27). The van der Waals surface area contributed by atoms with Gasteiger partial charge in [-0.2, -0.15) is 0 Å². The van der Waals surface area contributed by atoms with E-state index >= 15 is 0 Å². The number of amides is 1. The number of hydrogen-bond acceptors (Lipinski definition) is 5. The Labute approximate surface area is 187 Å². The summed E-state index contributed by atoms with van der Waals surface area (Å²) >= 11 is 6.55. The summed E-state index contributed by atoms with van der Waals surface area (Å²) in [6.45, 7) is 4.44. The molecule has 1 aromatic heterocycles. The third kappa shape index (κ3) is 6.76. The third-order valence-corrected chi connectivity index (χ3v) is 6.40. The maximum absolute atomic E-state index is 12.3. The Hall–Kier alpha value is -2.03. The van der Waals surface area contributed by atoms with Gasteiger partial charge in [0.05, 0.1) is 11.5 Å². The maximum atomic E-state index is 12.3. The molecule has 0 saturated carbocycles. The molecule has 29 heavy (non-hydrogen) atoms. The van der Waals surface area contributed by atoms with Crippen molar-refractivity contribution >= 4 is 51.0 Å². The number of thioether (sulfide) groups is 2. The molecule has 0 fully saturated rings. The molecule has 0 bridgehead atoms. The van der Waals surface area contributed by atoms with Gasteiger partial charge in [0.15, 0.2) is 5.16 Å². The zero-order valence-corrected chi connectivity index (χ0v) is 19.0. The van der Waals surface area contributed by atoms with E-state index < -0.39 is 0 Å². The summed E-state index contributed by atoms with van der Waals surface area (Å²) in [7, 11) is 0. The molecule has 0 aliphatic carbocycles. The lowest BCUT2D eigenvalue weighted by molar-refractivity contribution is -0.113. The average Bonchev–Trinajstić information content (AvgIpc) is 3.11. The normalized spacial score (nSPS) is 10.7. The molecule has 8 heteroatoms. The lowest BCUT2D eigenvalue weighted by Crippen LogP contribution is -2.14. The molecule has 2 aromatic carbocycles. The first-order chi connectivity index (χ1) is 14.2. The largest absolute Gasteiger partial charge is 0.325 e. The number of nitrogens with one attached hydrogen (secondary N) is 1. The molecule has 1 N–H and O–H groups in total. The van der Waals surface area contributed by atoms with Crippen molar-refractivity contribution in [1.82, 2.24) is 14.8 Å². The number of carbonyl (C=O) groups excluding carboxylic acids is 1. The Balaban J connectivity index is 1.55. The molecule has 3 rings (SSSR count). The van der Waals surface area contributed by atoms with Gasteiger partial charge in [0.25, 0.3) is 0 Å². The Morgan fingerprint density at radius 2 is 1.86 bits per heavy atom. The fourth-order valence-corrected chi connectivity index (χ4v) is 4.50. The van der Waals surface area contributed by atoms with Crippen LogP contribution in [0.3, 0.4) is 0 Å². The molecule has 0 unspecified atom stereocenters. The van der Waals surface area contributed by atoms with Gasteiger partial charge in [-0.15, -0.1) is 28.5 Å². The Kier molecular flexibility index (Phi) is 8.39. The summed E-state index contributed by atoms with van der Waals surface area (Å²) in [6.07, 6.45) is 1.82. The van der Waals surface area contributed by atoms with E-state index in [1.165, 1.54) is 17.3 Å². The van der Waals surface area contributed by atoms with Crippen molar-refractivity contribution in [2.45, 2.75) is 23.2 Å². The molecule has 0 aliphatic heterocycles. The average molecular weight is 489 g/mol. The summed E-state index contributed by atoms with van der Waals surface area (Å²) in [4.78, 5) is 12.3. The highest BCUT2D eigenvalue weighted by molar-refractivity contribution is 9.10. The molecule has 1 amide bonds. The predicted octanol–water partition coefficient (Wildman–Crippen LogP) is 5.39. The molecular weight excluding hydrogens is 468 g/mol. The van der Waals surface area contributed by atoms with Crippen LogP contribution in [-0.4, -0.2) is 26.4 Å². The maximum Gasteiger partial charge on any atom is 0.234 e. The van der Waals surface area contributed by atoms with Gasteiger partial charge in [0.2, 0.25) is 5.91 Å². The number of anilines is 1. The van der Waals surface area contributed by atoms with Crippen LogP contribution in [0, 0.1) is 0 Å². The van der Waals surface area contributed by atoms with E-state index in [0.717, 1.165) is 32.6 Å². The van der Waals surface area contributed by atoms with Gasteiger partial charge in [-0.1, -0.05) is 64.1 Å². The highest BCUT2D eigenvalue weighted by Crippen LogP contribution is 2.22. The van der Waals surface area contributed by atoms with Gasteiger partial charge >= 0.3 is 0 Å². The monoisotopic (exact) mass is 488 g/mol. The molecule has 0 spiro atoms. The first-order valence-electron chi connectivity index (χ1n) is 8.98. The van der Waals surface area contributed by atoms with Gasteiger partial charge in [-0.05, 0) is 29.8 Å². The number of rotatable bonds is 10. The highest BCUT2D eigenvalue weighted by Gasteiger charge is 2.14. The second kappa shape index (κ2) is 11.2. The van der Waals surface area contributed by atoms with Crippen LogP contribution in [-0.2, 0) is 22.8 Å². The molecule has 3 aromatic rings. The van der Waals surface area contributed by atoms with E-state index in [4.69, 9.17) is 0 Å². The van der Waals surface area contributed by atoms with Crippen molar-refractivity contribution < 1.29 is 4.79 Å². The van der Waals surface area contributed by atoms with Gasteiger partial charge < -0.3 is 9.88 Å². The molecule has 0 saturated heterocycles. The summed E-state index contributed by atoms with van der Waals surface area (Å²) < 4.78 is 2.99. The number of benzene rings is 2. The number of halogens is 1. The van der Waals surface area contributed by atoms with Gasteiger partial charge in [0, 0.05) is 22.5 Å². The van der Waals surface area contributed by atoms with E-state index in [9.17, 15) is 4.79 Å². The van der Waals surface area contributed by atoms with Crippen LogP contribution in [0.15, 0.2) is 76.9 Å². The van der Waals surface area contributed by atoms with Crippen molar-refractivity contribution in [3.63, 3.8) is 0 Å². The number of aromatic nitrogens is 3. The number of carbonyl (C=O) groups is 1. The van der Waals surface area contributed by atoms with E-state index in [1.807, 2.05) is 53.1 Å². The zero-order chi connectivity index (χ0) is 20.5. The van der Waals surface area contributed by atoms with Crippen molar-refractivity contribution in [2.75, 3.05) is 11.1 Å². The van der Waals surface area contributed by atoms with Crippen LogP contribution in [0.25, 0.3) is 0 Å². The molecule has 0 atom stereocenters. The van der Waals surface area contributed by atoms with Crippen LogP contribution < -0.4 is 5.32 Å². The second-order valence-electron chi connectivity index (χ2n) is 6.12. The first kappa shape index (κ1) is 21.7. The van der Waals surface area contributed by atoms with Gasteiger partial charge in [-0.25, -0.2) is 0 Å². The van der Waals surface area contributed by atoms with Crippen LogP contribution in [0.1, 0.15) is 11.4 Å². The molecule has 5 nitrogen and oxygen atoms in total.